The van der Waals surface area contributed by atoms with Gasteiger partial charge in [-0.15, -0.1) is 0 Å². The standard InChI is InChI=1S/C27H29N5O3/c33-26(29-28-21-22-8-7-13-25(20-22)32(34)35)14-15-30-16-18-31(19-17-30)27(23-9-3-1-4-10-23)24-11-5-2-6-12-24/h1-13,20-21,27H,14-19H2,(H,29,33)/b28-21+. The number of hydrogen-bond acceptors (Lipinski definition) is 6. The van der Waals surface area contributed by atoms with Crippen molar-refractivity contribution in [2.75, 3.05) is 32.7 Å². The molecule has 8 heteroatoms. The Bertz CT molecular complexity index is 1110. The summed E-state index contributed by atoms with van der Waals surface area (Å²) in [5.74, 6) is -0.180. The molecule has 0 atom stereocenters. The Hall–Kier alpha value is -3.88. The zero-order valence-electron chi connectivity index (χ0n) is 19.5. The predicted molar refractivity (Wildman–Crippen MR) is 136 cm³/mol. The summed E-state index contributed by atoms with van der Waals surface area (Å²) < 4.78 is 0. The summed E-state index contributed by atoms with van der Waals surface area (Å²) in [6.45, 7) is 4.27. The second kappa shape index (κ2) is 12.0. The van der Waals surface area contributed by atoms with Crippen molar-refractivity contribution in [3.05, 3.63) is 112 Å². The number of benzene rings is 3. The van der Waals surface area contributed by atoms with Crippen molar-refractivity contribution < 1.29 is 9.72 Å². The molecule has 0 aromatic heterocycles. The number of nitro groups is 1. The van der Waals surface area contributed by atoms with E-state index in [1.54, 1.807) is 12.1 Å². The Morgan fingerprint density at radius 1 is 0.943 bits per heavy atom. The van der Waals surface area contributed by atoms with E-state index in [9.17, 15) is 14.9 Å². The highest BCUT2D eigenvalue weighted by Gasteiger charge is 2.26. The highest BCUT2D eigenvalue weighted by atomic mass is 16.6. The molecule has 1 aliphatic rings. The van der Waals surface area contributed by atoms with Crippen LogP contribution in [0.15, 0.2) is 90.0 Å². The van der Waals surface area contributed by atoms with Crippen molar-refractivity contribution in [1.82, 2.24) is 15.2 Å². The quantitative estimate of drug-likeness (QED) is 0.291. The van der Waals surface area contributed by atoms with Crippen LogP contribution in [0, 0.1) is 10.1 Å². The van der Waals surface area contributed by atoms with Gasteiger partial charge in [0.05, 0.1) is 17.2 Å². The Labute approximate surface area is 205 Å². The second-order valence-corrected chi connectivity index (χ2v) is 8.50. The highest BCUT2D eigenvalue weighted by molar-refractivity contribution is 5.83. The molecular weight excluding hydrogens is 442 g/mol. The van der Waals surface area contributed by atoms with E-state index >= 15 is 0 Å². The van der Waals surface area contributed by atoms with Crippen LogP contribution in [0.4, 0.5) is 5.69 Å². The topological polar surface area (TPSA) is 91.1 Å². The zero-order valence-corrected chi connectivity index (χ0v) is 19.5. The third kappa shape index (κ3) is 6.81. The number of nitrogens with one attached hydrogen (secondary N) is 1. The van der Waals surface area contributed by atoms with Crippen molar-refractivity contribution >= 4 is 17.8 Å². The first kappa shape index (κ1) is 24.3. The minimum absolute atomic E-state index is 0.0128. The van der Waals surface area contributed by atoms with Crippen molar-refractivity contribution in [3.63, 3.8) is 0 Å². The molecule has 0 unspecified atom stereocenters. The molecular formula is C27H29N5O3. The number of carbonyl (C=O) groups is 1. The molecule has 1 amide bonds. The van der Waals surface area contributed by atoms with E-state index in [2.05, 4.69) is 68.9 Å². The van der Waals surface area contributed by atoms with E-state index in [-0.39, 0.29) is 17.6 Å². The van der Waals surface area contributed by atoms with Gasteiger partial charge in [0.15, 0.2) is 0 Å². The second-order valence-electron chi connectivity index (χ2n) is 8.50. The lowest BCUT2D eigenvalue weighted by Crippen LogP contribution is -2.48. The van der Waals surface area contributed by atoms with E-state index in [0.717, 1.165) is 26.2 Å². The maximum Gasteiger partial charge on any atom is 0.270 e. The van der Waals surface area contributed by atoms with Crippen molar-refractivity contribution in [3.8, 4) is 0 Å². The molecule has 0 spiro atoms. The average molecular weight is 472 g/mol. The molecule has 0 radical (unpaired) electrons. The third-order valence-electron chi connectivity index (χ3n) is 6.14. The normalized spacial score (nSPS) is 14.9. The molecule has 4 rings (SSSR count). The van der Waals surface area contributed by atoms with Gasteiger partial charge in [-0.3, -0.25) is 19.8 Å². The number of non-ortho nitro benzene ring substituents is 1. The zero-order chi connectivity index (χ0) is 24.5. The van der Waals surface area contributed by atoms with E-state index in [0.29, 0.717) is 18.5 Å². The Kier molecular flexibility index (Phi) is 8.32. The number of nitrogens with zero attached hydrogens (tertiary/aromatic N) is 4. The minimum atomic E-state index is -0.461. The summed E-state index contributed by atoms with van der Waals surface area (Å²) in [4.78, 5) is 27.4. The van der Waals surface area contributed by atoms with Crippen molar-refractivity contribution in [1.29, 1.82) is 0 Å². The van der Waals surface area contributed by atoms with Gasteiger partial charge in [0.1, 0.15) is 0 Å². The fourth-order valence-electron chi connectivity index (χ4n) is 4.34. The summed E-state index contributed by atoms with van der Waals surface area (Å²) in [5.41, 5.74) is 5.63. The van der Waals surface area contributed by atoms with Crippen LogP contribution < -0.4 is 5.43 Å². The number of carbonyl (C=O) groups excluding carboxylic acids is 1. The molecule has 0 bridgehead atoms. The molecule has 0 aliphatic carbocycles. The van der Waals surface area contributed by atoms with Crippen LogP contribution in [0.5, 0.6) is 0 Å². The smallest absolute Gasteiger partial charge is 0.270 e. The lowest BCUT2D eigenvalue weighted by Gasteiger charge is -2.39. The Morgan fingerprint density at radius 3 is 2.17 bits per heavy atom. The van der Waals surface area contributed by atoms with Gasteiger partial charge in [0.25, 0.3) is 5.69 Å². The number of rotatable bonds is 9. The SMILES string of the molecule is O=C(CCN1CCN(C(c2ccccc2)c2ccccc2)CC1)N/N=C/c1cccc([N+](=O)[O-])c1. The highest BCUT2D eigenvalue weighted by Crippen LogP contribution is 2.29. The van der Waals surface area contributed by atoms with Gasteiger partial charge < -0.3 is 4.90 Å². The molecule has 1 aliphatic heterocycles. The van der Waals surface area contributed by atoms with Crippen molar-refractivity contribution in [2.45, 2.75) is 12.5 Å². The van der Waals surface area contributed by atoms with E-state index in [1.165, 1.54) is 29.5 Å². The molecule has 1 saturated heterocycles. The first-order chi connectivity index (χ1) is 17.1. The van der Waals surface area contributed by atoms with Gasteiger partial charge in [-0.1, -0.05) is 72.8 Å². The van der Waals surface area contributed by atoms with Crippen LogP contribution in [0.25, 0.3) is 0 Å². The van der Waals surface area contributed by atoms with Gasteiger partial charge in [0.2, 0.25) is 5.91 Å². The number of hydrogen-bond donors (Lipinski definition) is 1. The summed E-state index contributed by atoms with van der Waals surface area (Å²) in [6.07, 6.45) is 1.75. The van der Waals surface area contributed by atoms with Gasteiger partial charge >= 0.3 is 0 Å². The van der Waals surface area contributed by atoms with Crippen molar-refractivity contribution in [2.24, 2.45) is 5.10 Å². The summed E-state index contributed by atoms with van der Waals surface area (Å²) in [6, 6.07) is 27.5. The summed E-state index contributed by atoms with van der Waals surface area (Å²) in [7, 11) is 0. The number of piperazine rings is 1. The first-order valence-electron chi connectivity index (χ1n) is 11.7. The van der Waals surface area contributed by atoms with Gasteiger partial charge in [-0.25, -0.2) is 5.43 Å². The van der Waals surface area contributed by atoms with Gasteiger partial charge in [-0.05, 0) is 11.1 Å². The molecule has 180 valence electrons. The number of hydrazone groups is 1. The maximum atomic E-state index is 12.2. The van der Waals surface area contributed by atoms with E-state index < -0.39 is 4.92 Å². The third-order valence-corrected chi connectivity index (χ3v) is 6.14. The molecule has 1 heterocycles. The van der Waals surface area contributed by atoms with Gasteiger partial charge in [-0.2, -0.15) is 5.10 Å². The Balaban J connectivity index is 1.26. The van der Waals surface area contributed by atoms with Crippen LogP contribution >= 0.6 is 0 Å². The molecule has 1 fully saturated rings. The predicted octanol–water partition coefficient (Wildman–Crippen LogP) is 3.84. The molecule has 1 N–H and O–H groups in total. The first-order valence-corrected chi connectivity index (χ1v) is 11.7. The summed E-state index contributed by atoms with van der Waals surface area (Å²) in [5, 5.41) is 14.8. The molecule has 0 saturated carbocycles. The van der Waals surface area contributed by atoms with Crippen LogP contribution in [0.2, 0.25) is 0 Å². The van der Waals surface area contributed by atoms with E-state index in [1.807, 2.05) is 12.1 Å². The summed E-state index contributed by atoms with van der Waals surface area (Å²) >= 11 is 0. The Morgan fingerprint density at radius 2 is 1.57 bits per heavy atom. The minimum Gasteiger partial charge on any atom is -0.300 e. The number of amides is 1. The lowest BCUT2D eigenvalue weighted by atomic mass is 9.96. The fraction of sp³-hybridized carbons (Fsp3) is 0.259. The monoisotopic (exact) mass is 471 g/mol. The largest absolute Gasteiger partial charge is 0.300 e. The number of nitro benzene ring substituents is 1. The van der Waals surface area contributed by atoms with E-state index in [4.69, 9.17) is 0 Å². The molecule has 8 nitrogen and oxygen atoms in total. The molecule has 3 aromatic carbocycles. The van der Waals surface area contributed by atoms with Crippen LogP contribution in [0.1, 0.15) is 29.2 Å². The van der Waals surface area contributed by atoms with Crippen LogP contribution in [-0.2, 0) is 4.79 Å². The molecule has 3 aromatic rings. The maximum absolute atomic E-state index is 12.2. The average Bonchev–Trinajstić information content (AvgIpc) is 2.90. The van der Waals surface area contributed by atoms with Crippen LogP contribution in [-0.4, -0.2) is 59.6 Å². The van der Waals surface area contributed by atoms with Gasteiger partial charge in [0, 0.05) is 56.8 Å². The fourth-order valence-corrected chi connectivity index (χ4v) is 4.34. The molecule has 35 heavy (non-hydrogen) atoms. The van der Waals surface area contributed by atoms with Crippen LogP contribution in [0.3, 0.4) is 0 Å². The lowest BCUT2D eigenvalue weighted by molar-refractivity contribution is -0.384.